The monoisotopic (exact) mass is 268 g/mol. The van der Waals surface area contributed by atoms with Crippen LogP contribution >= 0.6 is 0 Å². The third-order valence-electron chi connectivity index (χ3n) is 2.93. The molecule has 1 fully saturated rings. The fraction of sp³-hybridized carbons (Fsp3) is 0.769. The molecular formula is C13H20N2O4. The molecule has 0 aromatic carbocycles. The second-order valence-electron chi connectivity index (χ2n) is 5.69. The van der Waals surface area contributed by atoms with Gasteiger partial charge in [0.25, 0.3) is 0 Å². The van der Waals surface area contributed by atoms with E-state index in [1.165, 1.54) is 12.0 Å². The first-order valence-electron chi connectivity index (χ1n) is 6.22. The van der Waals surface area contributed by atoms with Crippen molar-refractivity contribution >= 4 is 12.1 Å². The molecule has 1 aliphatic heterocycles. The topological polar surface area (TPSA) is 79.6 Å². The first kappa shape index (κ1) is 15.3. The molecule has 1 aliphatic rings. The molecule has 0 aromatic heterocycles. The Hall–Kier alpha value is -1.77. The third-order valence-corrected chi connectivity index (χ3v) is 2.93. The minimum Gasteiger partial charge on any atom is -0.468 e. The Balaban J connectivity index is 2.82. The van der Waals surface area contributed by atoms with Crippen molar-refractivity contribution in [2.75, 3.05) is 20.2 Å². The Morgan fingerprint density at radius 3 is 2.47 bits per heavy atom. The number of amides is 1. The lowest BCUT2D eigenvalue weighted by atomic mass is 9.81. The van der Waals surface area contributed by atoms with E-state index in [-0.39, 0.29) is 6.54 Å². The van der Waals surface area contributed by atoms with Gasteiger partial charge in [0, 0.05) is 6.54 Å². The third kappa shape index (κ3) is 3.60. The van der Waals surface area contributed by atoms with Crippen LogP contribution in [0.4, 0.5) is 4.79 Å². The Kier molecular flexibility index (Phi) is 4.40. The number of carbonyl (C=O) groups excluding carboxylic acids is 2. The highest BCUT2D eigenvalue weighted by Gasteiger charge is 2.45. The van der Waals surface area contributed by atoms with Gasteiger partial charge in [-0.15, -0.1) is 0 Å². The number of rotatable bonds is 1. The number of hydrogen-bond donors (Lipinski definition) is 0. The number of piperidine rings is 1. The van der Waals surface area contributed by atoms with Gasteiger partial charge in [-0.3, -0.25) is 4.79 Å². The van der Waals surface area contributed by atoms with Crippen LogP contribution in [0.2, 0.25) is 0 Å². The molecule has 106 valence electrons. The van der Waals surface area contributed by atoms with Crippen LogP contribution in [0.15, 0.2) is 0 Å². The summed E-state index contributed by atoms with van der Waals surface area (Å²) in [4.78, 5) is 25.1. The van der Waals surface area contributed by atoms with E-state index >= 15 is 0 Å². The number of ether oxygens (including phenoxy) is 2. The van der Waals surface area contributed by atoms with Crippen LogP contribution in [0.5, 0.6) is 0 Å². The fourth-order valence-corrected chi connectivity index (χ4v) is 2.04. The van der Waals surface area contributed by atoms with Crippen LogP contribution in [0.3, 0.4) is 0 Å². The minimum absolute atomic E-state index is 0.0189. The Morgan fingerprint density at radius 1 is 1.37 bits per heavy atom. The Labute approximate surface area is 113 Å². The lowest BCUT2D eigenvalue weighted by molar-refractivity contribution is -0.151. The number of esters is 1. The van der Waals surface area contributed by atoms with Gasteiger partial charge in [0.2, 0.25) is 0 Å². The van der Waals surface area contributed by atoms with Crippen molar-refractivity contribution in [1.29, 1.82) is 5.26 Å². The molecule has 1 saturated heterocycles. The molecule has 0 aromatic rings. The summed E-state index contributed by atoms with van der Waals surface area (Å²) in [5.74, 6) is -0.594. The molecule has 0 bridgehead atoms. The van der Waals surface area contributed by atoms with E-state index in [1.54, 1.807) is 20.8 Å². The molecule has 6 nitrogen and oxygen atoms in total. The van der Waals surface area contributed by atoms with Gasteiger partial charge >= 0.3 is 12.1 Å². The molecule has 0 N–H and O–H groups in total. The molecule has 1 rings (SSSR count). The zero-order chi connectivity index (χ0) is 14.7. The predicted octanol–water partition coefficient (Wildman–Crippen LogP) is 1.70. The van der Waals surface area contributed by atoms with Gasteiger partial charge in [-0.25, -0.2) is 4.79 Å². The fourth-order valence-electron chi connectivity index (χ4n) is 2.04. The van der Waals surface area contributed by atoms with Crippen LogP contribution in [0, 0.1) is 16.7 Å². The summed E-state index contributed by atoms with van der Waals surface area (Å²) in [6.45, 7) is 5.81. The van der Waals surface area contributed by atoms with E-state index in [1.807, 2.05) is 6.07 Å². The maximum absolute atomic E-state index is 12.0. The lowest BCUT2D eigenvalue weighted by Gasteiger charge is -2.36. The van der Waals surface area contributed by atoms with Gasteiger partial charge in [-0.1, -0.05) is 0 Å². The van der Waals surface area contributed by atoms with Crippen LogP contribution in [0.1, 0.15) is 33.6 Å². The summed E-state index contributed by atoms with van der Waals surface area (Å²) >= 11 is 0. The first-order valence-corrected chi connectivity index (χ1v) is 6.22. The average Bonchev–Trinajstić information content (AvgIpc) is 2.35. The molecule has 1 unspecified atom stereocenters. The van der Waals surface area contributed by atoms with Crippen LogP contribution < -0.4 is 0 Å². The molecular weight excluding hydrogens is 248 g/mol. The van der Waals surface area contributed by atoms with E-state index < -0.39 is 23.1 Å². The zero-order valence-corrected chi connectivity index (χ0v) is 11.9. The second-order valence-corrected chi connectivity index (χ2v) is 5.69. The van der Waals surface area contributed by atoms with Crippen molar-refractivity contribution in [3.63, 3.8) is 0 Å². The minimum atomic E-state index is -1.27. The van der Waals surface area contributed by atoms with E-state index in [0.717, 1.165) is 0 Å². The largest absolute Gasteiger partial charge is 0.468 e. The van der Waals surface area contributed by atoms with Gasteiger partial charge in [0.05, 0.1) is 19.7 Å². The van der Waals surface area contributed by atoms with Crippen molar-refractivity contribution in [1.82, 2.24) is 4.90 Å². The van der Waals surface area contributed by atoms with Crippen molar-refractivity contribution in [3.8, 4) is 6.07 Å². The van der Waals surface area contributed by atoms with Crippen molar-refractivity contribution < 1.29 is 19.1 Å². The number of carbonyl (C=O) groups is 2. The quantitative estimate of drug-likeness (QED) is 0.676. The number of hydrogen-bond acceptors (Lipinski definition) is 5. The maximum Gasteiger partial charge on any atom is 0.410 e. The predicted molar refractivity (Wildman–Crippen MR) is 67.1 cm³/mol. The number of nitrogens with zero attached hydrogens (tertiary/aromatic N) is 2. The maximum atomic E-state index is 12.0. The van der Waals surface area contributed by atoms with Gasteiger partial charge in [-0.05, 0) is 33.6 Å². The molecule has 1 amide bonds. The highest BCUT2D eigenvalue weighted by molar-refractivity contribution is 5.81. The Morgan fingerprint density at radius 2 is 2.00 bits per heavy atom. The molecule has 1 atom stereocenters. The zero-order valence-electron chi connectivity index (χ0n) is 11.9. The molecule has 0 saturated carbocycles. The van der Waals surface area contributed by atoms with Crippen molar-refractivity contribution in [3.05, 3.63) is 0 Å². The van der Waals surface area contributed by atoms with Gasteiger partial charge < -0.3 is 14.4 Å². The summed E-state index contributed by atoms with van der Waals surface area (Å²) in [7, 11) is 1.24. The van der Waals surface area contributed by atoms with Crippen LogP contribution in [0.25, 0.3) is 0 Å². The summed E-state index contributed by atoms with van der Waals surface area (Å²) in [6, 6.07) is 1.99. The van der Waals surface area contributed by atoms with E-state index in [0.29, 0.717) is 19.4 Å². The molecule has 1 heterocycles. The lowest BCUT2D eigenvalue weighted by Crippen LogP contribution is -2.50. The summed E-state index contributed by atoms with van der Waals surface area (Å²) in [6.07, 6.45) is 0.466. The first-order chi connectivity index (χ1) is 8.74. The Bertz CT molecular complexity index is 408. The van der Waals surface area contributed by atoms with Crippen LogP contribution in [-0.4, -0.2) is 42.8 Å². The highest BCUT2D eigenvalue weighted by atomic mass is 16.6. The van der Waals surface area contributed by atoms with Gasteiger partial charge in [0.15, 0.2) is 5.41 Å². The average molecular weight is 268 g/mol. The van der Waals surface area contributed by atoms with Gasteiger partial charge in [0.1, 0.15) is 5.60 Å². The molecule has 0 aliphatic carbocycles. The normalized spacial score (nSPS) is 23.4. The summed E-state index contributed by atoms with van der Waals surface area (Å²) in [5, 5.41) is 9.25. The smallest absolute Gasteiger partial charge is 0.410 e. The van der Waals surface area contributed by atoms with Crippen molar-refractivity contribution in [2.24, 2.45) is 5.41 Å². The molecule has 0 spiro atoms. The highest BCUT2D eigenvalue weighted by Crippen LogP contribution is 2.31. The van der Waals surface area contributed by atoms with Crippen LogP contribution in [-0.2, 0) is 14.3 Å². The molecule has 0 radical (unpaired) electrons. The number of likely N-dealkylation sites (tertiary alicyclic amines) is 1. The van der Waals surface area contributed by atoms with E-state index in [4.69, 9.17) is 4.74 Å². The number of methoxy groups -OCH3 is 1. The van der Waals surface area contributed by atoms with E-state index in [2.05, 4.69) is 4.74 Å². The molecule has 19 heavy (non-hydrogen) atoms. The second kappa shape index (κ2) is 5.47. The molecule has 6 heteroatoms. The van der Waals surface area contributed by atoms with Crippen molar-refractivity contribution in [2.45, 2.75) is 39.2 Å². The van der Waals surface area contributed by atoms with E-state index in [9.17, 15) is 14.9 Å². The SMILES string of the molecule is COC(=O)C1(C#N)CCCN(C(=O)OC(C)(C)C)C1. The summed E-state index contributed by atoms with van der Waals surface area (Å²) in [5.41, 5.74) is -1.88. The summed E-state index contributed by atoms with van der Waals surface area (Å²) < 4.78 is 9.93. The number of nitriles is 1. The standard InChI is InChI=1S/C13H20N2O4/c1-12(2,3)19-11(17)15-7-5-6-13(8-14,9-15)10(16)18-4/h5-7,9H2,1-4H3. The van der Waals surface area contributed by atoms with Gasteiger partial charge in [-0.2, -0.15) is 5.26 Å².